The minimum absolute atomic E-state index is 0.581. The summed E-state index contributed by atoms with van der Waals surface area (Å²) in [6.07, 6.45) is 10.7. The molecular formula is C18H26N6. The van der Waals surface area contributed by atoms with E-state index in [0.29, 0.717) is 12.1 Å². The highest BCUT2D eigenvalue weighted by atomic mass is 15.3. The number of hydrogen-bond donors (Lipinski definition) is 2. The van der Waals surface area contributed by atoms with Gasteiger partial charge in [-0.15, -0.1) is 0 Å². The Morgan fingerprint density at radius 2 is 2.08 bits per heavy atom. The minimum Gasteiger partial charge on any atom is -0.367 e. The number of hydrogen-bond acceptors (Lipinski definition) is 5. The van der Waals surface area contributed by atoms with Gasteiger partial charge in [0.1, 0.15) is 11.6 Å². The van der Waals surface area contributed by atoms with Gasteiger partial charge in [-0.25, -0.2) is 4.98 Å². The normalized spacial score (nSPS) is 24.7. The molecule has 5 rings (SSSR count). The SMILES string of the molecule is c1cc2nc3c(c(NC4CCCC4)n2n1)CCN3C1CCCNC1. The fourth-order valence-corrected chi connectivity index (χ4v) is 4.64. The Labute approximate surface area is 142 Å². The van der Waals surface area contributed by atoms with Crippen LogP contribution in [0.3, 0.4) is 0 Å². The average Bonchev–Trinajstić information content (AvgIpc) is 3.35. The second-order valence-corrected chi connectivity index (χ2v) is 7.43. The molecule has 2 N–H and O–H groups in total. The molecule has 1 saturated carbocycles. The third kappa shape index (κ3) is 2.35. The average molecular weight is 326 g/mol. The first kappa shape index (κ1) is 14.5. The number of nitrogens with zero attached hydrogens (tertiary/aromatic N) is 4. The summed E-state index contributed by atoms with van der Waals surface area (Å²) in [4.78, 5) is 7.50. The van der Waals surface area contributed by atoms with Gasteiger partial charge in [0, 0.05) is 36.8 Å². The zero-order valence-electron chi connectivity index (χ0n) is 14.2. The van der Waals surface area contributed by atoms with Crippen LogP contribution in [0.15, 0.2) is 12.3 Å². The Morgan fingerprint density at radius 3 is 2.92 bits per heavy atom. The Bertz CT molecular complexity index is 726. The van der Waals surface area contributed by atoms with E-state index in [2.05, 4.69) is 20.6 Å². The van der Waals surface area contributed by atoms with Gasteiger partial charge in [-0.1, -0.05) is 12.8 Å². The van der Waals surface area contributed by atoms with Gasteiger partial charge in [-0.05, 0) is 38.6 Å². The number of aromatic nitrogens is 3. The maximum Gasteiger partial charge on any atom is 0.159 e. The summed E-state index contributed by atoms with van der Waals surface area (Å²) >= 11 is 0. The molecule has 4 heterocycles. The number of rotatable bonds is 3. The van der Waals surface area contributed by atoms with Gasteiger partial charge in [0.05, 0.1) is 6.20 Å². The monoisotopic (exact) mass is 326 g/mol. The van der Waals surface area contributed by atoms with Crippen molar-refractivity contribution >= 4 is 17.3 Å². The number of fused-ring (bicyclic) bond motifs is 2. The van der Waals surface area contributed by atoms with Crippen molar-refractivity contribution in [3.63, 3.8) is 0 Å². The lowest BCUT2D eigenvalue weighted by Gasteiger charge is -2.33. The molecule has 2 aromatic rings. The summed E-state index contributed by atoms with van der Waals surface area (Å²) in [6.45, 7) is 3.32. The maximum absolute atomic E-state index is 4.97. The van der Waals surface area contributed by atoms with Crippen molar-refractivity contribution in [3.05, 3.63) is 17.8 Å². The Kier molecular flexibility index (Phi) is 3.58. The van der Waals surface area contributed by atoms with E-state index in [0.717, 1.165) is 31.7 Å². The van der Waals surface area contributed by atoms with Crippen LogP contribution in [0, 0.1) is 0 Å². The van der Waals surface area contributed by atoms with E-state index in [9.17, 15) is 0 Å². The van der Waals surface area contributed by atoms with E-state index < -0.39 is 0 Å². The van der Waals surface area contributed by atoms with Crippen LogP contribution >= 0.6 is 0 Å². The van der Waals surface area contributed by atoms with Crippen molar-refractivity contribution < 1.29 is 0 Å². The van der Waals surface area contributed by atoms with Crippen LogP contribution < -0.4 is 15.5 Å². The van der Waals surface area contributed by atoms with Crippen molar-refractivity contribution in [2.45, 2.75) is 57.0 Å². The lowest BCUT2D eigenvalue weighted by molar-refractivity contribution is 0.436. The van der Waals surface area contributed by atoms with Crippen molar-refractivity contribution in [1.82, 2.24) is 19.9 Å². The van der Waals surface area contributed by atoms with Gasteiger partial charge in [-0.3, -0.25) is 0 Å². The van der Waals surface area contributed by atoms with Gasteiger partial charge >= 0.3 is 0 Å². The molecule has 0 bridgehead atoms. The molecule has 6 nitrogen and oxygen atoms in total. The highest BCUT2D eigenvalue weighted by Gasteiger charge is 2.32. The third-order valence-electron chi connectivity index (χ3n) is 5.89. The predicted molar refractivity (Wildman–Crippen MR) is 95.8 cm³/mol. The van der Waals surface area contributed by atoms with E-state index in [1.54, 1.807) is 0 Å². The fourth-order valence-electron chi connectivity index (χ4n) is 4.64. The number of anilines is 2. The molecule has 24 heavy (non-hydrogen) atoms. The lowest BCUT2D eigenvalue weighted by Crippen LogP contribution is -2.45. The summed E-state index contributed by atoms with van der Waals surface area (Å²) in [7, 11) is 0. The first-order chi connectivity index (χ1) is 11.9. The smallest absolute Gasteiger partial charge is 0.159 e. The van der Waals surface area contributed by atoms with E-state index >= 15 is 0 Å². The number of nitrogens with one attached hydrogen (secondary N) is 2. The Morgan fingerprint density at radius 1 is 1.17 bits per heavy atom. The topological polar surface area (TPSA) is 57.5 Å². The third-order valence-corrected chi connectivity index (χ3v) is 5.89. The second-order valence-electron chi connectivity index (χ2n) is 7.43. The molecule has 0 spiro atoms. The molecule has 6 heteroatoms. The van der Waals surface area contributed by atoms with Crippen molar-refractivity contribution in [1.29, 1.82) is 0 Å². The summed E-state index contributed by atoms with van der Waals surface area (Å²) in [5.41, 5.74) is 2.33. The molecular weight excluding hydrogens is 300 g/mol. The Hall–Kier alpha value is -1.82. The van der Waals surface area contributed by atoms with Crippen LogP contribution in [-0.2, 0) is 6.42 Å². The molecule has 0 amide bonds. The van der Waals surface area contributed by atoms with Crippen molar-refractivity contribution in [2.24, 2.45) is 0 Å². The molecule has 0 radical (unpaired) electrons. The predicted octanol–water partition coefficient (Wildman–Crippen LogP) is 2.20. The number of piperidine rings is 1. The van der Waals surface area contributed by atoms with Crippen LogP contribution in [0.1, 0.15) is 44.1 Å². The highest BCUT2D eigenvalue weighted by molar-refractivity contribution is 5.68. The van der Waals surface area contributed by atoms with E-state index in [1.165, 1.54) is 55.7 Å². The largest absolute Gasteiger partial charge is 0.367 e. The zero-order chi connectivity index (χ0) is 15.9. The Balaban J connectivity index is 1.54. The molecule has 1 atom stereocenters. The molecule has 1 unspecified atom stereocenters. The van der Waals surface area contributed by atoms with Gasteiger partial charge in [0.25, 0.3) is 0 Å². The first-order valence-corrected chi connectivity index (χ1v) is 9.50. The van der Waals surface area contributed by atoms with E-state index in [4.69, 9.17) is 4.98 Å². The maximum atomic E-state index is 4.97. The molecule has 1 aliphatic carbocycles. The fraction of sp³-hybridized carbons (Fsp3) is 0.667. The lowest BCUT2D eigenvalue weighted by atomic mass is 10.1. The first-order valence-electron chi connectivity index (χ1n) is 9.50. The highest BCUT2D eigenvalue weighted by Crippen LogP contribution is 2.36. The van der Waals surface area contributed by atoms with E-state index in [-0.39, 0.29) is 0 Å². The van der Waals surface area contributed by atoms with Crippen molar-refractivity contribution in [3.8, 4) is 0 Å². The van der Waals surface area contributed by atoms with Crippen molar-refractivity contribution in [2.75, 3.05) is 29.9 Å². The summed E-state index contributed by atoms with van der Waals surface area (Å²) in [6, 6.07) is 3.20. The molecule has 0 aromatic carbocycles. The van der Waals surface area contributed by atoms with Crippen LogP contribution in [0.5, 0.6) is 0 Å². The van der Waals surface area contributed by atoms with Gasteiger partial charge in [-0.2, -0.15) is 9.61 Å². The zero-order valence-corrected chi connectivity index (χ0v) is 14.2. The van der Waals surface area contributed by atoms with Crippen LogP contribution in [0.4, 0.5) is 11.6 Å². The summed E-state index contributed by atoms with van der Waals surface area (Å²) < 4.78 is 2.01. The molecule has 3 aliphatic rings. The molecule has 2 fully saturated rings. The summed E-state index contributed by atoms with van der Waals surface area (Å²) in [5.74, 6) is 2.38. The molecule has 128 valence electrons. The van der Waals surface area contributed by atoms with Gasteiger partial charge in [0.2, 0.25) is 0 Å². The summed E-state index contributed by atoms with van der Waals surface area (Å²) in [5, 5.41) is 11.9. The van der Waals surface area contributed by atoms with Crippen LogP contribution in [0.25, 0.3) is 5.65 Å². The van der Waals surface area contributed by atoms with Crippen LogP contribution in [-0.4, -0.2) is 46.3 Å². The standard InChI is InChI=1S/C18H26N6/c1-2-5-13(4-1)21-18-15-8-11-23(14-6-3-9-19-12-14)17(15)22-16-7-10-20-24(16)18/h7,10,13-14,19,21H,1-6,8-9,11-12H2. The van der Waals surface area contributed by atoms with Gasteiger partial charge < -0.3 is 15.5 Å². The van der Waals surface area contributed by atoms with E-state index in [1.807, 2.05) is 16.8 Å². The minimum atomic E-state index is 0.581. The second kappa shape index (κ2) is 5.92. The van der Waals surface area contributed by atoms with Gasteiger partial charge in [0.15, 0.2) is 5.65 Å². The molecule has 1 saturated heterocycles. The van der Waals surface area contributed by atoms with Crippen LogP contribution in [0.2, 0.25) is 0 Å². The molecule has 2 aliphatic heterocycles. The molecule has 2 aromatic heterocycles. The quantitative estimate of drug-likeness (QED) is 0.905.